The summed E-state index contributed by atoms with van der Waals surface area (Å²) < 4.78 is 38.2. The van der Waals surface area contributed by atoms with Gasteiger partial charge in [-0.2, -0.15) is 0 Å². The molecule has 30 heavy (non-hydrogen) atoms. The van der Waals surface area contributed by atoms with Crippen LogP contribution in [-0.2, 0) is 21.2 Å². The van der Waals surface area contributed by atoms with Crippen LogP contribution in [0.15, 0.2) is 54.6 Å². The van der Waals surface area contributed by atoms with Crippen molar-refractivity contribution < 1.29 is 17.9 Å². The number of aryl methyl sites for hydroxylation is 1. The lowest BCUT2D eigenvalue weighted by atomic mass is 10.1. The summed E-state index contributed by atoms with van der Waals surface area (Å²) >= 11 is 0. The van der Waals surface area contributed by atoms with E-state index in [9.17, 15) is 8.42 Å². The van der Waals surface area contributed by atoms with Gasteiger partial charge in [-0.1, -0.05) is 42.5 Å². The summed E-state index contributed by atoms with van der Waals surface area (Å²) in [5.74, 6) is 0.872. The number of unbranched alkanes of at least 4 members (excludes halogenated alkanes) is 1. The SMILES string of the molecule is COc1ccc(CCS(=O)(=O)NCCCCN2CCOC(c3ccccc3)C2)cc1. The molecule has 1 aliphatic heterocycles. The molecule has 7 heteroatoms. The van der Waals surface area contributed by atoms with Crippen LogP contribution in [0.5, 0.6) is 5.75 Å². The van der Waals surface area contributed by atoms with Crippen molar-refractivity contribution >= 4 is 10.0 Å². The Hall–Kier alpha value is -1.93. The first-order valence-electron chi connectivity index (χ1n) is 10.5. The molecule has 0 spiro atoms. The molecule has 0 bridgehead atoms. The molecule has 1 heterocycles. The van der Waals surface area contributed by atoms with Gasteiger partial charge in [0.1, 0.15) is 5.75 Å². The number of methoxy groups -OCH3 is 1. The van der Waals surface area contributed by atoms with Crippen molar-refractivity contribution in [3.8, 4) is 5.75 Å². The van der Waals surface area contributed by atoms with Gasteiger partial charge >= 0.3 is 0 Å². The molecular formula is C23H32N2O4S. The van der Waals surface area contributed by atoms with Crippen LogP contribution in [0, 0.1) is 0 Å². The maximum Gasteiger partial charge on any atom is 0.211 e. The van der Waals surface area contributed by atoms with Crippen LogP contribution in [0.25, 0.3) is 0 Å². The number of benzene rings is 2. The molecule has 1 aliphatic rings. The van der Waals surface area contributed by atoms with Gasteiger partial charge in [0.05, 0.1) is 25.6 Å². The molecule has 0 radical (unpaired) electrons. The summed E-state index contributed by atoms with van der Waals surface area (Å²) in [4.78, 5) is 2.40. The minimum atomic E-state index is -3.26. The second-order valence-corrected chi connectivity index (χ2v) is 9.52. The number of sulfonamides is 1. The molecule has 1 atom stereocenters. The van der Waals surface area contributed by atoms with Crippen molar-refractivity contribution in [1.29, 1.82) is 0 Å². The standard InChI is InChI=1S/C23H32N2O4S/c1-28-22-11-9-20(10-12-22)13-18-30(26,27)24-14-5-6-15-25-16-17-29-23(19-25)21-7-3-2-4-8-21/h2-4,7-12,23-24H,5-6,13-19H2,1H3. The molecule has 1 fully saturated rings. The summed E-state index contributed by atoms with van der Waals surface area (Å²) in [6.07, 6.45) is 2.41. The zero-order chi connectivity index (χ0) is 21.2. The van der Waals surface area contributed by atoms with E-state index < -0.39 is 10.0 Å². The highest BCUT2D eigenvalue weighted by Crippen LogP contribution is 2.22. The first-order chi connectivity index (χ1) is 14.6. The number of nitrogens with zero attached hydrogens (tertiary/aromatic N) is 1. The number of ether oxygens (including phenoxy) is 2. The Morgan fingerprint density at radius 3 is 2.60 bits per heavy atom. The van der Waals surface area contributed by atoms with Crippen molar-refractivity contribution in [2.75, 3.05) is 45.6 Å². The minimum absolute atomic E-state index is 0.0988. The predicted molar refractivity (Wildman–Crippen MR) is 119 cm³/mol. The number of nitrogens with one attached hydrogen (secondary N) is 1. The molecule has 2 aromatic rings. The molecule has 164 valence electrons. The summed E-state index contributed by atoms with van der Waals surface area (Å²) in [5, 5.41) is 0. The van der Waals surface area contributed by atoms with E-state index in [4.69, 9.17) is 9.47 Å². The highest BCUT2D eigenvalue weighted by molar-refractivity contribution is 7.89. The van der Waals surface area contributed by atoms with Crippen molar-refractivity contribution in [2.45, 2.75) is 25.4 Å². The lowest BCUT2D eigenvalue weighted by Gasteiger charge is -2.33. The summed E-state index contributed by atoms with van der Waals surface area (Å²) in [6, 6.07) is 17.8. The third-order valence-corrected chi connectivity index (χ3v) is 6.75. The number of rotatable bonds is 11. The molecule has 0 amide bonds. The van der Waals surface area contributed by atoms with Gasteiger partial charge in [-0.15, -0.1) is 0 Å². The van der Waals surface area contributed by atoms with E-state index in [-0.39, 0.29) is 11.9 Å². The average Bonchev–Trinajstić information content (AvgIpc) is 2.78. The van der Waals surface area contributed by atoms with Crippen LogP contribution in [0.1, 0.15) is 30.1 Å². The van der Waals surface area contributed by atoms with E-state index in [0.717, 1.165) is 50.4 Å². The number of hydrogen-bond donors (Lipinski definition) is 1. The van der Waals surface area contributed by atoms with Crippen molar-refractivity contribution in [1.82, 2.24) is 9.62 Å². The largest absolute Gasteiger partial charge is 0.497 e. The van der Waals surface area contributed by atoms with Gasteiger partial charge in [-0.05, 0) is 49.1 Å². The minimum Gasteiger partial charge on any atom is -0.497 e. The van der Waals surface area contributed by atoms with Crippen LogP contribution < -0.4 is 9.46 Å². The Kier molecular flexibility index (Phi) is 8.69. The maximum atomic E-state index is 12.2. The summed E-state index contributed by atoms with van der Waals surface area (Å²) in [6.45, 7) is 3.99. The molecule has 0 aliphatic carbocycles. The molecule has 3 rings (SSSR count). The molecule has 0 aromatic heterocycles. The zero-order valence-electron chi connectivity index (χ0n) is 17.6. The molecule has 1 saturated heterocycles. The second-order valence-electron chi connectivity index (χ2n) is 7.59. The topological polar surface area (TPSA) is 67.9 Å². The molecule has 1 unspecified atom stereocenters. The highest BCUT2D eigenvalue weighted by atomic mass is 32.2. The molecule has 1 N–H and O–H groups in total. The fraction of sp³-hybridized carbons (Fsp3) is 0.478. The Labute approximate surface area is 180 Å². The van der Waals surface area contributed by atoms with Crippen LogP contribution in [-0.4, -0.2) is 59.0 Å². The number of hydrogen-bond acceptors (Lipinski definition) is 5. The Morgan fingerprint density at radius 1 is 1.10 bits per heavy atom. The van der Waals surface area contributed by atoms with Crippen LogP contribution in [0.2, 0.25) is 0 Å². The third kappa shape index (κ3) is 7.40. The first-order valence-corrected chi connectivity index (χ1v) is 12.2. The zero-order valence-corrected chi connectivity index (χ0v) is 18.4. The van der Waals surface area contributed by atoms with Gasteiger partial charge in [-0.3, -0.25) is 4.90 Å². The lowest BCUT2D eigenvalue weighted by molar-refractivity contribution is -0.0303. The molecule has 0 saturated carbocycles. The van der Waals surface area contributed by atoms with E-state index in [1.807, 2.05) is 42.5 Å². The van der Waals surface area contributed by atoms with Gasteiger partial charge < -0.3 is 9.47 Å². The average molecular weight is 433 g/mol. The van der Waals surface area contributed by atoms with Gasteiger partial charge in [-0.25, -0.2) is 13.1 Å². The molecule has 2 aromatic carbocycles. The van der Waals surface area contributed by atoms with Gasteiger partial charge in [0, 0.05) is 19.6 Å². The van der Waals surface area contributed by atoms with Gasteiger partial charge in [0.2, 0.25) is 10.0 Å². The fourth-order valence-corrected chi connectivity index (χ4v) is 4.68. The predicted octanol–water partition coefficient (Wildman–Crippen LogP) is 3.01. The third-order valence-electron chi connectivity index (χ3n) is 5.36. The Morgan fingerprint density at radius 2 is 1.87 bits per heavy atom. The Bertz CT molecular complexity index is 857. The van der Waals surface area contributed by atoms with Crippen molar-refractivity contribution in [3.05, 3.63) is 65.7 Å². The second kappa shape index (κ2) is 11.5. The quantitative estimate of drug-likeness (QED) is 0.553. The fourth-order valence-electron chi connectivity index (χ4n) is 3.58. The monoisotopic (exact) mass is 432 g/mol. The normalized spacial score (nSPS) is 17.7. The van der Waals surface area contributed by atoms with Crippen molar-refractivity contribution in [2.24, 2.45) is 0 Å². The van der Waals surface area contributed by atoms with Crippen molar-refractivity contribution in [3.63, 3.8) is 0 Å². The van der Waals surface area contributed by atoms with E-state index in [1.165, 1.54) is 5.56 Å². The van der Waals surface area contributed by atoms with Crippen LogP contribution in [0.4, 0.5) is 0 Å². The van der Waals surface area contributed by atoms with Gasteiger partial charge in [0.25, 0.3) is 0 Å². The van der Waals surface area contributed by atoms with E-state index in [0.29, 0.717) is 13.0 Å². The van der Waals surface area contributed by atoms with E-state index in [2.05, 4.69) is 21.8 Å². The van der Waals surface area contributed by atoms with E-state index >= 15 is 0 Å². The summed E-state index contributed by atoms with van der Waals surface area (Å²) in [5.41, 5.74) is 2.20. The molecule has 6 nitrogen and oxygen atoms in total. The Balaban J connectivity index is 1.32. The van der Waals surface area contributed by atoms with Crippen LogP contribution >= 0.6 is 0 Å². The highest BCUT2D eigenvalue weighted by Gasteiger charge is 2.21. The molecular weight excluding hydrogens is 400 g/mol. The lowest BCUT2D eigenvalue weighted by Crippen LogP contribution is -2.39. The first kappa shape index (κ1) is 22.7. The maximum absolute atomic E-state index is 12.2. The number of morpholine rings is 1. The van der Waals surface area contributed by atoms with Crippen LogP contribution in [0.3, 0.4) is 0 Å². The summed E-state index contributed by atoms with van der Waals surface area (Å²) in [7, 11) is -1.65. The smallest absolute Gasteiger partial charge is 0.211 e. The van der Waals surface area contributed by atoms with Gasteiger partial charge in [0.15, 0.2) is 0 Å². The van der Waals surface area contributed by atoms with E-state index in [1.54, 1.807) is 7.11 Å².